The first-order chi connectivity index (χ1) is 14.5. The molecule has 2 aromatic rings. The minimum absolute atomic E-state index is 0.0800. The summed E-state index contributed by atoms with van der Waals surface area (Å²) in [5, 5.41) is 3.06. The Morgan fingerprint density at radius 1 is 1.10 bits per heavy atom. The molecule has 1 N–H and O–H groups in total. The van der Waals surface area contributed by atoms with Crippen molar-refractivity contribution in [3.63, 3.8) is 0 Å². The minimum atomic E-state index is -0.657. The van der Waals surface area contributed by atoms with Crippen molar-refractivity contribution in [1.29, 1.82) is 0 Å². The molecule has 0 radical (unpaired) electrons. The molecule has 0 aliphatic heterocycles. The van der Waals surface area contributed by atoms with E-state index >= 15 is 0 Å². The molecule has 2 amide bonds. The summed E-state index contributed by atoms with van der Waals surface area (Å²) < 4.78 is 14.2. The zero-order valence-electron chi connectivity index (χ0n) is 17.4. The van der Waals surface area contributed by atoms with Crippen LogP contribution in [0.5, 0.6) is 0 Å². The first-order valence-electron chi connectivity index (χ1n) is 10.5. The van der Waals surface area contributed by atoms with Crippen molar-refractivity contribution in [3.8, 4) is 0 Å². The Balaban J connectivity index is 1.66. The van der Waals surface area contributed by atoms with Crippen molar-refractivity contribution in [2.24, 2.45) is 0 Å². The zero-order valence-corrected chi connectivity index (χ0v) is 18.2. The van der Waals surface area contributed by atoms with Gasteiger partial charge in [0.2, 0.25) is 11.8 Å². The van der Waals surface area contributed by atoms with Crippen LogP contribution in [0.3, 0.4) is 0 Å². The molecule has 0 aromatic heterocycles. The van der Waals surface area contributed by atoms with Crippen LogP contribution < -0.4 is 5.32 Å². The van der Waals surface area contributed by atoms with E-state index in [-0.39, 0.29) is 36.0 Å². The Morgan fingerprint density at radius 3 is 2.47 bits per heavy atom. The van der Waals surface area contributed by atoms with Gasteiger partial charge in [-0.25, -0.2) is 4.39 Å². The highest BCUT2D eigenvalue weighted by atomic mass is 32.2. The minimum Gasteiger partial charge on any atom is -0.352 e. The van der Waals surface area contributed by atoms with E-state index in [9.17, 15) is 14.0 Å². The fourth-order valence-corrected chi connectivity index (χ4v) is 4.57. The zero-order chi connectivity index (χ0) is 21.3. The lowest BCUT2D eigenvalue weighted by Crippen LogP contribution is -2.50. The molecule has 4 nitrogen and oxygen atoms in total. The van der Waals surface area contributed by atoms with Crippen molar-refractivity contribution in [1.82, 2.24) is 10.2 Å². The molecular weight excluding hydrogens is 399 g/mol. The number of rotatable bonds is 9. The molecule has 2 aromatic carbocycles. The summed E-state index contributed by atoms with van der Waals surface area (Å²) in [5.41, 5.74) is 1.56. The van der Waals surface area contributed by atoms with Gasteiger partial charge in [-0.15, -0.1) is 11.8 Å². The standard InChI is InChI=1S/C24H29FN2O2S/c1-18(24(29)26-21-12-6-7-13-21)27(15-20-11-5-8-14-22(20)25)23(28)17-30-16-19-9-3-2-4-10-19/h2-5,8-11,14,18,21H,6-7,12-13,15-17H2,1H3,(H,26,29)/t18-/m1/s1. The van der Waals surface area contributed by atoms with Crippen LogP contribution in [0.4, 0.5) is 4.39 Å². The molecule has 1 aliphatic rings. The third-order valence-corrected chi connectivity index (χ3v) is 6.49. The van der Waals surface area contributed by atoms with Crippen molar-refractivity contribution in [3.05, 3.63) is 71.5 Å². The number of amides is 2. The van der Waals surface area contributed by atoms with Gasteiger partial charge in [0.15, 0.2) is 0 Å². The lowest BCUT2D eigenvalue weighted by Gasteiger charge is -2.29. The molecule has 0 spiro atoms. The summed E-state index contributed by atoms with van der Waals surface area (Å²) in [5.74, 6) is 0.260. The quantitative estimate of drug-likeness (QED) is 0.638. The lowest BCUT2D eigenvalue weighted by molar-refractivity contribution is -0.139. The van der Waals surface area contributed by atoms with E-state index in [4.69, 9.17) is 0 Å². The molecule has 160 valence electrons. The van der Waals surface area contributed by atoms with Gasteiger partial charge < -0.3 is 10.2 Å². The Morgan fingerprint density at radius 2 is 1.77 bits per heavy atom. The van der Waals surface area contributed by atoms with Gasteiger partial charge in [0.1, 0.15) is 11.9 Å². The first-order valence-corrected chi connectivity index (χ1v) is 11.6. The molecule has 0 saturated heterocycles. The highest BCUT2D eigenvalue weighted by molar-refractivity contribution is 7.99. The topological polar surface area (TPSA) is 49.4 Å². The second-order valence-corrected chi connectivity index (χ2v) is 8.74. The first kappa shape index (κ1) is 22.3. The number of benzene rings is 2. The van der Waals surface area contributed by atoms with Crippen molar-refractivity contribution in [2.75, 3.05) is 5.75 Å². The smallest absolute Gasteiger partial charge is 0.242 e. The number of thioether (sulfide) groups is 1. The summed E-state index contributed by atoms with van der Waals surface area (Å²) >= 11 is 1.50. The van der Waals surface area contributed by atoms with Crippen LogP contribution in [0.1, 0.15) is 43.7 Å². The van der Waals surface area contributed by atoms with Crippen LogP contribution in [0.15, 0.2) is 54.6 Å². The molecule has 1 saturated carbocycles. The Labute approximate surface area is 182 Å². The molecule has 0 unspecified atom stereocenters. The van der Waals surface area contributed by atoms with Gasteiger partial charge in [-0.05, 0) is 31.4 Å². The molecule has 6 heteroatoms. The SMILES string of the molecule is C[C@H](C(=O)NC1CCCC1)N(Cc1ccccc1F)C(=O)CSCc1ccccc1. The summed E-state index contributed by atoms with van der Waals surface area (Å²) in [4.78, 5) is 27.3. The van der Waals surface area contributed by atoms with E-state index < -0.39 is 6.04 Å². The summed E-state index contributed by atoms with van der Waals surface area (Å²) in [6.45, 7) is 1.81. The number of carbonyl (C=O) groups is 2. The van der Waals surface area contributed by atoms with E-state index in [1.165, 1.54) is 22.7 Å². The average molecular weight is 429 g/mol. The number of hydrogen-bond acceptors (Lipinski definition) is 3. The maximum Gasteiger partial charge on any atom is 0.242 e. The molecule has 0 heterocycles. The lowest BCUT2D eigenvalue weighted by atomic mass is 10.1. The number of nitrogens with zero attached hydrogens (tertiary/aromatic N) is 1. The Kier molecular flexibility index (Phi) is 8.31. The van der Waals surface area contributed by atoms with Gasteiger partial charge in [-0.2, -0.15) is 0 Å². The van der Waals surface area contributed by atoms with Crippen LogP contribution in [0, 0.1) is 5.82 Å². The summed E-state index contributed by atoms with van der Waals surface area (Å²) in [6, 6.07) is 15.9. The Bertz CT molecular complexity index is 840. The van der Waals surface area contributed by atoms with E-state index in [2.05, 4.69) is 5.32 Å². The molecule has 1 fully saturated rings. The van der Waals surface area contributed by atoms with Crippen LogP contribution in [-0.4, -0.2) is 34.6 Å². The number of carbonyl (C=O) groups excluding carboxylic acids is 2. The molecule has 30 heavy (non-hydrogen) atoms. The second-order valence-electron chi connectivity index (χ2n) is 7.76. The van der Waals surface area contributed by atoms with E-state index in [0.29, 0.717) is 11.3 Å². The number of nitrogens with one attached hydrogen (secondary N) is 1. The largest absolute Gasteiger partial charge is 0.352 e. The van der Waals surface area contributed by atoms with Crippen molar-refractivity contribution in [2.45, 2.75) is 57.0 Å². The Hall–Kier alpha value is -2.34. The van der Waals surface area contributed by atoms with Crippen molar-refractivity contribution < 1.29 is 14.0 Å². The highest BCUT2D eigenvalue weighted by Gasteiger charge is 2.28. The monoisotopic (exact) mass is 428 g/mol. The van der Waals surface area contributed by atoms with Crippen LogP contribution in [-0.2, 0) is 21.9 Å². The molecular formula is C24H29FN2O2S. The normalized spacial score (nSPS) is 15.0. The molecule has 1 atom stereocenters. The maximum absolute atomic E-state index is 14.2. The van der Waals surface area contributed by atoms with Gasteiger partial charge in [0.25, 0.3) is 0 Å². The summed E-state index contributed by atoms with van der Waals surface area (Å²) in [7, 11) is 0. The van der Waals surface area contributed by atoms with Gasteiger partial charge in [-0.1, -0.05) is 61.4 Å². The van der Waals surface area contributed by atoms with Crippen LogP contribution in [0.25, 0.3) is 0 Å². The van der Waals surface area contributed by atoms with Gasteiger partial charge in [-0.3, -0.25) is 9.59 Å². The summed E-state index contributed by atoms with van der Waals surface area (Å²) in [6.07, 6.45) is 4.19. The number of hydrogen-bond donors (Lipinski definition) is 1. The van der Waals surface area contributed by atoms with Gasteiger partial charge in [0, 0.05) is 23.9 Å². The molecule has 1 aliphatic carbocycles. The fourth-order valence-electron chi connectivity index (χ4n) is 3.70. The highest BCUT2D eigenvalue weighted by Crippen LogP contribution is 2.20. The second kappa shape index (κ2) is 11.2. The predicted molar refractivity (Wildman–Crippen MR) is 119 cm³/mol. The van der Waals surface area contributed by atoms with E-state index in [1.807, 2.05) is 30.3 Å². The van der Waals surface area contributed by atoms with Crippen molar-refractivity contribution >= 4 is 23.6 Å². The van der Waals surface area contributed by atoms with Gasteiger partial charge >= 0.3 is 0 Å². The molecule has 3 rings (SSSR count). The van der Waals surface area contributed by atoms with Crippen LogP contribution >= 0.6 is 11.8 Å². The number of halogens is 1. The maximum atomic E-state index is 14.2. The molecule has 0 bridgehead atoms. The van der Waals surface area contributed by atoms with Gasteiger partial charge in [0.05, 0.1) is 5.75 Å². The fraction of sp³-hybridized carbons (Fsp3) is 0.417. The van der Waals surface area contributed by atoms with E-state index in [1.54, 1.807) is 25.1 Å². The predicted octanol–water partition coefficient (Wildman–Crippen LogP) is 4.54. The van der Waals surface area contributed by atoms with Crippen LogP contribution in [0.2, 0.25) is 0 Å². The third kappa shape index (κ3) is 6.33. The average Bonchev–Trinajstić information content (AvgIpc) is 3.26. The van der Waals surface area contributed by atoms with E-state index in [0.717, 1.165) is 31.2 Å². The third-order valence-electron chi connectivity index (χ3n) is 5.50.